The van der Waals surface area contributed by atoms with E-state index < -0.39 is 11.8 Å². The summed E-state index contributed by atoms with van der Waals surface area (Å²) in [5.74, 6) is 1.02. The Labute approximate surface area is 216 Å². The van der Waals surface area contributed by atoms with Crippen LogP contribution in [-0.2, 0) is 4.79 Å². The Morgan fingerprint density at radius 2 is 1.64 bits per heavy atom. The largest absolute Gasteiger partial charge is 0.497 e. The Morgan fingerprint density at radius 1 is 0.917 bits per heavy atom. The smallest absolute Gasteiger partial charge is 0.269 e. The standard InChI is InChI=1S/C25H22ClN5O4S/c1-34-19-13-11-18(12-14-19)31-23(20-5-3-4-6-21(20)35-2)28-30-25(31)36-15-22(32)27-29-24(33)16-7-9-17(26)10-8-16/h3-14H,15H2,1-2H3,(H,27,32)(H,29,33). The van der Waals surface area contributed by atoms with Gasteiger partial charge in [0.15, 0.2) is 11.0 Å². The maximum atomic E-state index is 12.5. The number of benzene rings is 3. The van der Waals surface area contributed by atoms with Crippen molar-refractivity contribution >= 4 is 35.2 Å². The summed E-state index contributed by atoms with van der Waals surface area (Å²) in [5, 5.41) is 9.70. The van der Waals surface area contributed by atoms with Gasteiger partial charge in [0.1, 0.15) is 11.5 Å². The summed E-state index contributed by atoms with van der Waals surface area (Å²) in [7, 11) is 3.19. The van der Waals surface area contributed by atoms with Crippen LogP contribution in [0.2, 0.25) is 5.02 Å². The lowest BCUT2D eigenvalue weighted by molar-refractivity contribution is -0.119. The molecule has 0 fully saturated rings. The quantitative estimate of drug-likeness (QED) is 0.264. The molecule has 0 aliphatic heterocycles. The van der Waals surface area contributed by atoms with Crippen LogP contribution < -0.4 is 20.3 Å². The summed E-state index contributed by atoms with van der Waals surface area (Å²) >= 11 is 7.02. The predicted molar refractivity (Wildman–Crippen MR) is 138 cm³/mol. The van der Waals surface area contributed by atoms with E-state index in [0.717, 1.165) is 11.3 Å². The minimum absolute atomic E-state index is 0.0128. The van der Waals surface area contributed by atoms with Gasteiger partial charge in [-0.25, -0.2) is 0 Å². The van der Waals surface area contributed by atoms with E-state index in [4.69, 9.17) is 21.1 Å². The van der Waals surface area contributed by atoms with Crippen molar-refractivity contribution in [3.05, 3.63) is 83.4 Å². The van der Waals surface area contributed by atoms with Crippen LogP contribution >= 0.6 is 23.4 Å². The van der Waals surface area contributed by atoms with Crippen molar-refractivity contribution in [1.82, 2.24) is 25.6 Å². The SMILES string of the molecule is COc1ccc(-n2c(SCC(=O)NNC(=O)c3ccc(Cl)cc3)nnc2-c2ccccc2OC)cc1. The first-order valence-electron chi connectivity index (χ1n) is 10.7. The third-order valence-electron chi connectivity index (χ3n) is 5.07. The number of nitrogens with one attached hydrogen (secondary N) is 2. The van der Waals surface area contributed by atoms with Crippen LogP contribution in [0.1, 0.15) is 10.4 Å². The molecule has 9 nitrogen and oxygen atoms in total. The Balaban J connectivity index is 1.53. The molecule has 1 aromatic heterocycles. The Bertz CT molecular complexity index is 1360. The van der Waals surface area contributed by atoms with Crippen molar-refractivity contribution in [2.24, 2.45) is 0 Å². The van der Waals surface area contributed by atoms with E-state index in [2.05, 4.69) is 21.0 Å². The van der Waals surface area contributed by atoms with Crippen molar-refractivity contribution in [3.8, 4) is 28.6 Å². The molecule has 0 atom stereocenters. The molecule has 0 aliphatic carbocycles. The van der Waals surface area contributed by atoms with E-state index >= 15 is 0 Å². The van der Waals surface area contributed by atoms with Crippen LogP contribution in [0, 0.1) is 0 Å². The third kappa shape index (κ3) is 5.78. The van der Waals surface area contributed by atoms with Gasteiger partial charge in [-0.1, -0.05) is 35.5 Å². The van der Waals surface area contributed by atoms with Gasteiger partial charge in [-0.15, -0.1) is 10.2 Å². The minimum atomic E-state index is -0.454. The first kappa shape index (κ1) is 25.1. The summed E-state index contributed by atoms with van der Waals surface area (Å²) in [6.45, 7) is 0. The monoisotopic (exact) mass is 523 g/mol. The normalized spacial score (nSPS) is 10.5. The molecule has 1 heterocycles. The van der Waals surface area contributed by atoms with Crippen molar-refractivity contribution in [2.45, 2.75) is 5.16 Å². The fraction of sp³-hybridized carbons (Fsp3) is 0.120. The third-order valence-corrected chi connectivity index (χ3v) is 6.25. The molecule has 0 aliphatic rings. The molecular weight excluding hydrogens is 502 g/mol. The number of nitrogens with zero attached hydrogens (tertiary/aromatic N) is 3. The number of amides is 2. The lowest BCUT2D eigenvalue weighted by atomic mass is 10.2. The molecule has 184 valence electrons. The number of thioether (sulfide) groups is 1. The summed E-state index contributed by atoms with van der Waals surface area (Å²) in [6, 6.07) is 21.2. The Hall–Kier alpha value is -4.02. The molecule has 0 bridgehead atoms. The highest BCUT2D eigenvalue weighted by atomic mass is 35.5. The first-order chi connectivity index (χ1) is 17.5. The topological polar surface area (TPSA) is 107 Å². The zero-order valence-electron chi connectivity index (χ0n) is 19.4. The molecule has 3 aromatic carbocycles. The van der Waals surface area contributed by atoms with E-state index in [1.807, 2.05) is 53.1 Å². The van der Waals surface area contributed by atoms with Gasteiger partial charge < -0.3 is 9.47 Å². The van der Waals surface area contributed by atoms with E-state index in [-0.39, 0.29) is 5.75 Å². The van der Waals surface area contributed by atoms with Crippen molar-refractivity contribution < 1.29 is 19.1 Å². The second-order valence-corrected chi connectivity index (χ2v) is 8.72. The van der Waals surface area contributed by atoms with E-state index in [1.165, 1.54) is 11.8 Å². The number of aromatic nitrogens is 3. The van der Waals surface area contributed by atoms with Crippen molar-refractivity contribution in [1.29, 1.82) is 0 Å². The highest BCUT2D eigenvalue weighted by molar-refractivity contribution is 7.99. The molecule has 4 aromatic rings. The lowest BCUT2D eigenvalue weighted by Gasteiger charge is -2.13. The van der Waals surface area contributed by atoms with Crippen LogP contribution in [0.5, 0.6) is 11.5 Å². The highest BCUT2D eigenvalue weighted by Gasteiger charge is 2.20. The van der Waals surface area contributed by atoms with Crippen LogP contribution in [-0.4, -0.2) is 46.6 Å². The Morgan fingerprint density at radius 3 is 2.33 bits per heavy atom. The predicted octanol–water partition coefficient (Wildman–Crippen LogP) is 4.16. The van der Waals surface area contributed by atoms with E-state index in [0.29, 0.717) is 33.1 Å². The summed E-state index contributed by atoms with van der Waals surface area (Å²) in [4.78, 5) is 24.7. The first-order valence-corrected chi connectivity index (χ1v) is 12.1. The molecular formula is C25H22ClN5O4S. The molecule has 0 spiro atoms. The number of methoxy groups -OCH3 is 2. The van der Waals surface area contributed by atoms with Crippen LogP contribution in [0.15, 0.2) is 78.0 Å². The molecule has 0 radical (unpaired) electrons. The summed E-state index contributed by atoms with van der Waals surface area (Å²) in [6.07, 6.45) is 0. The number of para-hydroxylation sites is 1. The van der Waals surface area contributed by atoms with Gasteiger partial charge in [0.2, 0.25) is 5.91 Å². The van der Waals surface area contributed by atoms with Crippen molar-refractivity contribution in [3.63, 3.8) is 0 Å². The van der Waals surface area contributed by atoms with Gasteiger partial charge in [-0.2, -0.15) is 0 Å². The molecule has 0 unspecified atom stereocenters. The average molecular weight is 524 g/mol. The van der Waals surface area contributed by atoms with E-state index in [9.17, 15) is 9.59 Å². The van der Waals surface area contributed by atoms with Gasteiger partial charge in [0.25, 0.3) is 5.91 Å². The molecule has 2 N–H and O–H groups in total. The average Bonchev–Trinajstić information content (AvgIpc) is 3.34. The van der Waals surface area contributed by atoms with E-state index in [1.54, 1.807) is 38.5 Å². The Kier molecular flexibility index (Phi) is 8.09. The summed E-state index contributed by atoms with van der Waals surface area (Å²) < 4.78 is 12.6. The lowest BCUT2D eigenvalue weighted by Crippen LogP contribution is -2.42. The number of ether oxygens (including phenoxy) is 2. The number of carbonyl (C=O) groups is 2. The number of carbonyl (C=O) groups excluding carboxylic acids is 2. The van der Waals surface area contributed by atoms with Gasteiger partial charge in [0.05, 0.1) is 31.2 Å². The molecule has 0 saturated carbocycles. The zero-order valence-corrected chi connectivity index (χ0v) is 21.0. The fourth-order valence-electron chi connectivity index (χ4n) is 3.30. The highest BCUT2D eigenvalue weighted by Crippen LogP contribution is 2.33. The maximum absolute atomic E-state index is 12.5. The number of hydrogen-bond donors (Lipinski definition) is 2. The van der Waals surface area contributed by atoms with Gasteiger partial charge in [-0.3, -0.25) is 25.0 Å². The molecule has 2 amide bonds. The second-order valence-electron chi connectivity index (χ2n) is 7.34. The number of halogens is 1. The van der Waals surface area contributed by atoms with Crippen molar-refractivity contribution in [2.75, 3.05) is 20.0 Å². The molecule has 0 saturated heterocycles. The van der Waals surface area contributed by atoms with Crippen LogP contribution in [0.3, 0.4) is 0 Å². The molecule has 11 heteroatoms. The zero-order chi connectivity index (χ0) is 25.5. The fourth-order valence-corrected chi connectivity index (χ4v) is 4.18. The van der Waals surface area contributed by atoms with Gasteiger partial charge in [-0.05, 0) is 60.7 Å². The second kappa shape index (κ2) is 11.6. The number of rotatable bonds is 8. The van der Waals surface area contributed by atoms with Crippen LogP contribution in [0.4, 0.5) is 0 Å². The number of hydrogen-bond acceptors (Lipinski definition) is 7. The minimum Gasteiger partial charge on any atom is -0.497 e. The number of hydrazine groups is 1. The van der Waals surface area contributed by atoms with Crippen LogP contribution in [0.25, 0.3) is 17.1 Å². The van der Waals surface area contributed by atoms with Gasteiger partial charge >= 0.3 is 0 Å². The summed E-state index contributed by atoms with van der Waals surface area (Å²) in [5.41, 5.74) is 6.69. The maximum Gasteiger partial charge on any atom is 0.269 e. The molecule has 4 rings (SSSR count). The van der Waals surface area contributed by atoms with Gasteiger partial charge in [0, 0.05) is 10.6 Å². The molecule has 36 heavy (non-hydrogen) atoms.